The highest BCUT2D eigenvalue weighted by atomic mass is 32.2. The molecule has 9 heteroatoms. The minimum absolute atomic E-state index is 0.105. The predicted molar refractivity (Wildman–Crippen MR) is 55.0 cm³/mol. The molecule has 5 nitrogen and oxygen atoms in total. The molecule has 0 saturated heterocycles. The number of nitrogens with zero attached hydrogens (tertiary/aromatic N) is 1. The Hall–Kier alpha value is -1.19. The van der Waals surface area contributed by atoms with Gasteiger partial charge in [-0.25, -0.2) is 0 Å². The van der Waals surface area contributed by atoms with Gasteiger partial charge in [-0.15, -0.1) is 0 Å². The zero-order valence-corrected chi connectivity index (χ0v) is 9.99. The number of alkyl halides is 3. The molecule has 1 aromatic heterocycles. The van der Waals surface area contributed by atoms with Gasteiger partial charge in [0, 0.05) is 6.20 Å². The topological polar surface area (TPSA) is 76.5 Å². The molecular formula is C9H10F3NO4S. The number of aromatic nitrogens is 1. The zero-order valence-electron chi connectivity index (χ0n) is 9.18. The molecule has 0 aliphatic rings. The summed E-state index contributed by atoms with van der Waals surface area (Å²) in [7, 11) is -3.73. The van der Waals surface area contributed by atoms with Crippen molar-refractivity contribution in [2.45, 2.75) is 12.3 Å². The smallest absolute Gasteiger partial charge is 0.384 e. The minimum atomic E-state index is -4.51. The Morgan fingerprint density at radius 3 is 2.44 bits per heavy atom. The van der Waals surface area contributed by atoms with Crippen molar-refractivity contribution >= 4 is 10.1 Å². The molecule has 1 unspecified atom stereocenters. The lowest BCUT2D eigenvalue weighted by Gasteiger charge is -2.11. The first-order valence-corrected chi connectivity index (χ1v) is 6.47. The van der Waals surface area contributed by atoms with Crippen LogP contribution in [0.5, 0.6) is 0 Å². The molecule has 0 aliphatic heterocycles. The van der Waals surface area contributed by atoms with E-state index in [9.17, 15) is 26.7 Å². The van der Waals surface area contributed by atoms with Crippen molar-refractivity contribution in [2.75, 3.05) is 12.9 Å². The number of hydrogen-bond donors (Lipinski definition) is 1. The van der Waals surface area contributed by atoms with E-state index in [-0.39, 0.29) is 5.69 Å². The molecule has 1 atom stereocenters. The van der Waals surface area contributed by atoms with Gasteiger partial charge in [-0.2, -0.15) is 21.6 Å². The summed E-state index contributed by atoms with van der Waals surface area (Å²) in [6.45, 7) is -0.600. The van der Waals surface area contributed by atoms with E-state index in [4.69, 9.17) is 0 Å². The summed E-state index contributed by atoms with van der Waals surface area (Å²) in [4.78, 5) is 3.40. The van der Waals surface area contributed by atoms with E-state index in [0.717, 1.165) is 18.4 Å². The van der Waals surface area contributed by atoms with Crippen LogP contribution in [0.4, 0.5) is 13.2 Å². The van der Waals surface area contributed by atoms with E-state index in [0.29, 0.717) is 6.20 Å². The number of aliphatic hydroxyl groups excluding tert-OH is 1. The lowest BCUT2D eigenvalue weighted by atomic mass is 10.2. The first-order chi connectivity index (χ1) is 8.09. The van der Waals surface area contributed by atoms with Gasteiger partial charge >= 0.3 is 6.18 Å². The van der Waals surface area contributed by atoms with E-state index in [2.05, 4.69) is 9.17 Å². The normalized spacial score (nSPS) is 14.5. The Morgan fingerprint density at radius 2 is 2.06 bits per heavy atom. The van der Waals surface area contributed by atoms with E-state index in [1.807, 2.05) is 0 Å². The van der Waals surface area contributed by atoms with Crippen LogP contribution in [0.15, 0.2) is 18.3 Å². The van der Waals surface area contributed by atoms with E-state index in [1.54, 1.807) is 0 Å². The van der Waals surface area contributed by atoms with E-state index < -0.39 is 34.6 Å². The Kier molecular flexibility index (Phi) is 4.30. The molecule has 0 aliphatic carbocycles. The van der Waals surface area contributed by atoms with Crippen molar-refractivity contribution in [1.29, 1.82) is 0 Å². The summed E-state index contributed by atoms with van der Waals surface area (Å²) in [5.74, 6) is 0. The minimum Gasteiger partial charge on any atom is -0.384 e. The van der Waals surface area contributed by atoms with Gasteiger partial charge in [0.15, 0.2) is 0 Å². The quantitative estimate of drug-likeness (QED) is 0.839. The maximum atomic E-state index is 12.2. The zero-order chi connectivity index (χ0) is 14.0. The van der Waals surface area contributed by atoms with Crippen LogP contribution in [0.2, 0.25) is 0 Å². The number of halogens is 3. The standard InChI is InChI=1S/C9H10F3NO4S/c1-18(15,16)17-5-8(14)7-3-2-6(4-13-7)9(10,11)12/h2-4,8,14H,5H2,1H3. The highest BCUT2D eigenvalue weighted by Crippen LogP contribution is 2.28. The fourth-order valence-electron chi connectivity index (χ4n) is 1.04. The molecule has 18 heavy (non-hydrogen) atoms. The van der Waals surface area contributed by atoms with Crippen molar-refractivity contribution < 1.29 is 30.9 Å². The summed E-state index contributed by atoms with van der Waals surface area (Å²) in [6, 6.07) is 1.70. The molecule has 1 aromatic rings. The Balaban J connectivity index is 2.74. The highest BCUT2D eigenvalue weighted by Gasteiger charge is 2.30. The van der Waals surface area contributed by atoms with Crippen LogP contribution < -0.4 is 0 Å². The molecule has 0 fully saturated rings. The Labute approximate surface area is 101 Å². The molecule has 1 N–H and O–H groups in total. The molecule has 0 radical (unpaired) electrons. The van der Waals surface area contributed by atoms with Gasteiger partial charge < -0.3 is 5.11 Å². The fraction of sp³-hybridized carbons (Fsp3) is 0.444. The summed E-state index contributed by atoms with van der Waals surface area (Å²) in [5.41, 5.74) is -1.06. The van der Waals surface area contributed by atoms with Gasteiger partial charge in [-0.1, -0.05) is 0 Å². The first-order valence-electron chi connectivity index (χ1n) is 4.65. The number of hydrogen-bond acceptors (Lipinski definition) is 5. The third-order valence-corrected chi connectivity index (χ3v) is 2.46. The second kappa shape index (κ2) is 5.21. The van der Waals surface area contributed by atoms with Crippen LogP contribution in [0, 0.1) is 0 Å². The van der Waals surface area contributed by atoms with Crippen molar-refractivity contribution in [1.82, 2.24) is 4.98 Å². The van der Waals surface area contributed by atoms with Crippen molar-refractivity contribution in [3.8, 4) is 0 Å². The van der Waals surface area contributed by atoms with E-state index in [1.165, 1.54) is 0 Å². The van der Waals surface area contributed by atoms with Crippen LogP contribution in [0.25, 0.3) is 0 Å². The molecule has 1 heterocycles. The van der Waals surface area contributed by atoms with Crippen LogP contribution in [0.3, 0.4) is 0 Å². The predicted octanol–water partition coefficient (Wildman–Crippen LogP) is 1.11. The molecule has 1 rings (SSSR count). The number of rotatable bonds is 4. The Morgan fingerprint density at radius 1 is 1.44 bits per heavy atom. The van der Waals surface area contributed by atoms with Crippen LogP contribution in [-0.4, -0.2) is 31.4 Å². The van der Waals surface area contributed by atoms with Crippen LogP contribution in [0.1, 0.15) is 17.4 Å². The average molecular weight is 285 g/mol. The van der Waals surface area contributed by atoms with Crippen LogP contribution >= 0.6 is 0 Å². The molecule has 102 valence electrons. The van der Waals surface area contributed by atoms with Gasteiger partial charge in [0.2, 0.25) is 0 Å². The molecule has 0 aromatic carbocycles. The third kappa shape index (κ3) is 4.59. The lowest BCUT2D eigenvalue weighted by Crippen LogP contribution is -2.13. The monoisotopic (exact) mass is 285 g/mol. The molecule has 0 bridgehead atoms. The maximum absolute atomic E-state index is 12.2. The third-order valence-electron chi connectivity index (χ3n) is 1.90. The molecular weight excluding hydrogens is 275 g/mol. The van der Waals surface area contributed by atoms with Gasteiger partial charge in [0.25, 0.3) is 10.1 Å². The Bertz CT molecular complexity index is 498. The SMILES string of the molecule is CS(=O)(=O)OCC(O)c1ccc(C(F)(F)F)cn1. The average Bonchev–Trinajstić information content (AvgIpc) is 2.24. The van der Waals surface area contributed by atoms with Crippen molar-refractivity contribution in [3.05, 3.63) is 29.6 Å². The summed E-state index contributed by atoms with van der Waals surface area (Å²) in [5, 5.41) is 9.44. The number of aliphatic hydroxyl groups is 1. The van der Waals surface area contributed by atoms with Gasteiger partial charge in [-0.3, -0.25) is 9.17 Å². The van der Waals surface area contributed by atoms with Crippen molar-refractivity contribution in [3.63, 3.8) is 0 Å². The second-order valence-corrected chi connectivity index (χ2v) is 5.12. The molecule has 0 saturated carbocycles. The van der Waals surface area contributed by atoms with Gasteiger partial charge in [0.05, 0.1) is 24.1 Å². The summed E-state index contributed by atoms with van der Waals surface area (Å²) in [6.07, 6.45) is -4.58. The van der Waals surface area contributed by atoms with E-state index >= 15 is 0 Å². The molecule has 0 amide bonds. The summed E-state index contributed by atoms with van der Waals surface area (Å²) >= 11 is 0. The first kappa shape index (κ1) is 14.9. The second-order valence-electron chi connectivity index (χ2n) is 3.47. The van der Waals surface area contributed by atoms with Crippen LogP contribution in [-0.2, 0) is 20.5 Å². The largest absolute Gasteiger partial charge is 0.417 e. The lowest BCUT2D eigenvalue weighted by molar-refractivity contribution is -0.137. The fourth-order valence-corrected chi connectivity index (χ4v) is 1.42. The maximum Gasteiger partial charge on any atom is 0.417 e. The van der Waals surface area contributed by atoms with Gasteiger partial charge in [0.1, 0.15) is 6.10 Å². The highest BCUT2D eigenvalue weighted by molar-refractivity contribution is 7.85. The number of pyridine rings is 1. The van der Waals surface area contributed by atoms with Crippen molar-refractivity contribution in [2.24, 2.45) is 0 Å². The molecule has 0 spiro atoms. The summed E-state index contributed by atoms with van der Waals surface area (Å²) < 4.78 is 62.3. The van der Waals surface area contributed by atoms with Gasteiger partial charge in [-0.05, 0) is 12.1 Å².